The van der Waals surface area contributed by atoms with Crippen LogP contribution in [-0.2, 0) is 6.61 Å². The molecular formula is C21H20N2O3. The van der Waals surface area contributed by atoms with Crippen molar-refractivity contribution in [2.24, 2.45) is 5.92 Å². The Morgan fingerprint density at radius 1 is 1.23 bits per heavy atom. The Labute approximate surface area is 152 Å². The Morgan fingerprint density at radius 3 is 2.73 bits per heavy atom. The molecule has 2 aromatic rings. The highest BCUT2D eigenvalue weighted by molar-refractivity contribution is 5.94. The number of aliphatic hydroxyl groups is 1. The number of carbonyl (C=O) groups excluding carboxylic acids is 1. The number of ether oxygens (including phenoxy) is 1. The van der Waals surface area contributed by atoms with E-state index in [1.807, 2.05) is 24.3 Å². The molecule has 0 aliphatic heterocycles. The van der Waals surface area contributed by atoms with Gasteiger partial charge in [-0.2, -0.15) is 5.26 Å². The first-order valence-electron chi connectivity index (χ1n) is 8.50. The van der Waals surface area contributed by atoms with Crippen LogP contribution in [0.1, 0.15) is 27.9 Å². The molecule has 0 aromatic heterocycles. The van der Waals surface area contributed by atoms with E-state index in [9.17, 15) is 4.79 Å². The molecule has 5 nitrogen and oxygen atoms in total. The summed E-state index contributed by atoms with van der Waals surface area (Å²) < 4.78 is 5.71. The summed E-state index contributed by atoms with van der Waals surface area (Å²) in [6.45, 7) is 0.438. The molecule has 3 rings (SSSR count). The monoisotopic (exact) mass is 348 g/mol. The number of hydrogen-bond acceptors (Lipinski definition) is 4. The quantitative estimate of drug-likeness (QED) is 0.787. The van der Waals surface area contributed by atoms with Gasteiger partial charge in [0.2, 0.25) is 0 Å². The van der Waals surface area contributed by atoms with Gasteiger partial charge in [-0.3, -0.25) is 4.79 Å². The van der Waals surface area contributed by atoms with Crippen LogP contribution in [0.2, 0.25) is 0 Å². The molecule has 0 spiro atoms. The smallest absolute Gasteiger partial charge is 0.251 e. The Kier molecular flexibility index (Phi) is 5.67. The van der Waals surface area contributed by atoms with Crippen LogP contribution in [0.3, 0.4) is 0 Å². The van der Waals surface area contributed by atoms with Gasteiger partial charge >= 0.3 is 0 Å². The minimum atomic E-state index is -0.140. The number of nitrogens with one attached hydrogen (secondary N) is 1. The molecule has 0 fully saturated rings. The summed E-state index contributed by atoms with van der Waals surface area (Å²) >= 11 is 0. The van der Waals surface area contributed by atoms with Gasteiger partial charge in [-0.15, -0.1) is 0 Å². The van der Waals surface area contributed by atoms with E-state index in [4.69, 9.17) is 15.1 Å². The third-order valence-electron chi connectivity index (χ3n) is 4.30. The van der Waals surface area contributed by atoms with Gasteiger partial charge in [-0.25, -0.2) is 0 Å². The largest absolute Gasteiger partial charge is 0.489 e. The topological polar surface area (TPSA) is 82.3 Å². The third-order valence-corrected chi connectivity index (χ3v) is 4.30. The van der Waals surface area contributed by atoms with Crippen LogP contribution in [0.25, 0.3) is 0 Å². The van der Waals surface area contributed by atoms with E-state index in [2.05, 4.69) is 11.4 Å². The van der Waals surface area contributed by atoms with Crippen LogP contribution in [0.5, 0.6) is 5.75 Å². The predicted octanol–water partition coefficient (Wildman–Crippen LogP) is 2.80. The maximum atomic E-state index is 12.4. The number of nitrogens with zero attached hydrogens (tertiary/aromatic N) is 1. The first-order chi connectivity index (χ1) is 12.7. The van der Waals surface area contributed by atoms with Crippen molar-refractivity contribution in [3.8, 4) is 11.8 Å². The second-order valence-electron chi connectivity index (χ2n) is 6.27. The van der Waals surface area contributed by atoms with Gasteiger partial charge in [0.15, 0.2) is 0 Å². The number of benzene rings is 2. The first kappa shape index (κ1) is 17.7. The van der Waals surface area contributed by atoms with E-state index in [1.54, 1.807) is 36.4 Å². The van der Waals surface area contributed by atoms with Crippen LogP contribution in [0.4, 0.5) is 0 Å². The van der Waals surface area contributed by atoms with E-state index in [-0.39, 0.29) is 24.5 Å². The zero-order chi connectivity index (χ0) is 18.4. The summed E-state index contributed by atoms with van der Waals surface area (Å²) in [6.07, 6.45) is 4.59. The highest BCUT2D eigenvalue weighted by Crippen LogP contribution is 2.18. The summed E-state index contributed by atoms with van der Waals surface area (Å²) in [5, 5.41) is 20.9. The fourth-order valence-electron chi connectivity index (χ4n) is 2.86. The Balaban J connectivity index is 1.58. The maximum absolute atomic E-state index is 12.4. The van der Waals surface area contributed by atoms with Crippen molar-refractivity contribution in [2.75, 3.05) is 6.61 Å². The highest BCUT2D eigenvalue weighted by atomic mass is 16.5. The summed E-state index contributed by atoms with van der Waals surface area (Å²) in [6, 6.07) is 16.2. The lowest BCUT2D eigenvalue weighted by Crippen LogP contribution is -2.32. The van der Waals surface area contributed by atoms with Gasteiger partial charge in [0, 0.05) is 24.1 Å². The van der Waals surface area contributed by atoms with Gasteiger partial charge in [-0.1, -0.05) is 24.3 Å². The van der Waals surface area contributed by atoms with E-state index in [0.717, 1.165) is 12.0 Å². The molecular weight excluding hydrogens is 328 g/mol. The minimum absolute atomic E-state index is 0.0433. The van der Waals surface area contributed by atoms with Crippen molar-refractivity contribution < 1.29 is 14.6 Å². The van der Waals surface area contributed by atoms with Crippen molar-refractivity contribution in [1.29, 1.82) is 5.26 Å². The summed E-state index contributed by atoms with van der Waals surface area (Å²) in [5.74, 6) is 0.649. The zero-order valence-electron chi connectivity index (χ0n) is 14.3. The second kappa shape index (κ2) is 8.32. The molecule has 0 radical (unpaired) electrons. The lowest BCUT2D eigenvalue weighted by molar-refractivity contribution is 0.0941. The molecule has 0 saturated carbocycles. The maximum Gasteiger partial charge on any atom is 0.251 e. The Hall–Kier alpha value is -3.10. The van der Waals surface area contributed by atoms with Crippen LogP contribution in [0, 0.1) is 17.2 Å². The Bertz CT molecular complexity index is 837. The summed E-state index contributed by atoms with van der Waals surface area (Å²) in [7, 11) is 0. The predicted molar refractivity (Wildman–Crippen MR) is 97.5 cm³/mol. The molecule has 0 saturated heterocycles. The average molecular weight is 348 g/mol. The molecule has 2 aromatic carbocycles. The van der Waals surface area contributed by atoms with E-state index < -0.39 is 0 Å². The fraction of sp³-hybridized carbons (Fsp3) is 0.238. The molecule has 26 heavy (non-hydrogen) atoms. The van der Waals surface area contributed by atoms with E-state index >= 15 is 0 Å². The van der Waals surface area contributed by atoms with Crippen LogP contribution in [0.15, 0.2) is 60.7 Å². The van der Waals surface area contributed by atoms with E-state index in [1.165, 1.54) is 0 Å². The molecule has 0 bridgehead atoms. The molecule has 1 aliphatic carbocycles. The van der Waals surface area contributed by atoms with Crippen molar-refractivity contribution in [3.05, 3.63) is 77.4 Å². The normalized spacial score (nSPS) is 18.3. The van der Waals surface area contributed by atoms with Gasteiger partial charge in [-0.05, 0) is 48.4 Å². The van der Waals surface area contributed by atoms with Gasteiger partial charge < -0.3 is 15.2 Å². The number of carbonyl (C=O) groups is 1. The molecule has 132 valence electrons. The average Bonchev–Trinajstić information content (AvgIpc) is 3.14. The van der Waals surface area contributed by atoms with Crippen LogP contribution >= 0.6 is 0 Å². The van der Waals surface area contributed by atoms with Crippen molar-refractivity contribution >= 4 is 5.91 Å². The summed E-state index contributed by atoms with van der Waals surface area (Å²) in [5.41, 5.74) is 2.05. The summed E-state index contributed by atoms with van der Waals surface area (Å²) in [4.78, 5) is 12.4. The van der Waals surface area contributed by atoms with E-state index in [0.29, 0.717) is 23.5 Å². The molecule has 2 atom stereocenters. The lowest BCUT2D eigenvalue weighted by Gasteiger charge is -2.13. The number of nitriles is 1. The van der Waals surface area contributed by atoms with Gasteiger partial charge in [0.1, 0.15) is 12.4 Å². The Morgan fingerprint density at radius 2 is 2.04 bits per heavy atom. The van der Waals surface area contributed by atoms with Gasteiger partial charge in [0.25, 0.3) is 5.91 Å². The number of amides is 1. The molecule has 0 unspecified atom stereocenters. The number of rotatable bonds is 6. The highest BCUT2D eigenvalue weighted by Gasteiger charge is 2.20. The minimum Gasteiger partial charge on any atom is -0.489 e. The zero-order valence-corrected chi connectivity index (χ0v) is 14.3. The molecule has 0 heterocycles. The van der Waals surface area contributed by atoms with Crippen molar-refractivity contribution in [3.63, 3.8) is 0 Å². The standard InChI is InChI=1S/C21H20N2O3/c22-12-15-5-8-20(9-6-15)26-14-17-2-1-3-18(10-17)21(25)23-19-7-4-16(11-19)13-24/h1-10,16,19,24H,11,13-14H2,(H,23,25)/t16-,19+/m0/s1. The second-order valence-corrected chi connectivity index (χ2v) is 6.27. The number of aliphatic hydroxyl groups excluding tert-OH is 1. The third kappa shape index (κ3) is 4.50. The molecule has 1 aliphatic rings. The van der Waals surface area contributed by atoms with Crippen molar-refractivity contribution in [2.45, 2.75) is 19.1 Å². The molecule has 2 N–H and O–H groups in total. The van der Waals surface area contributed by atoms with Gasteiger partial charge in [0.05, 0.1) is 11.6 Å². The van der Waals surface area contributed by atoms with Crippen LogP contribution in [-0.4, -0.2) is 23.7 Å². The lowest BCUT2D eigenvalue weighted by atomic mass is 10.1. The fourth-order valence-corrected chi connectivity index (χ4v) is 2.86. The first-order valence-corrected chi connectivity index (χ1v) is 8.50. The van der Waals surface area contributed by atoms with Crippen molar-refractivity contribution in [1.82, 2.24) is 5.32 Å². The molecule has 1 amide bonds. The SMILES string of the molecule is N#Cc1ccc(OCc2cccc(C(=O)N[C@@H]3C=C[C@H](CO)C3)c2)cc1. The number of hydrogen-bond donors (Lipinski definition) is 2. The molecule has 5 heteroatoms. The van der Waals surface area contributed by atoms with Crippen LogP contribution < -0.4 is 10.1 Å².